The maximum Gasteiger partial charge on any atom is 0.435 e. The summed E-state index contributed by atoms with van der Waals surface area (Å²) in [5.41, 5.74) is 1.66. The molecule has 2 atom stereocenters. The molecule has 23 nitrogen and oxygen atoms in total. The fourth-order valence-electron chi connectivity index (χ4n) is 5.26. The monoisotopic (exact) mass is 1150 g/mol. The first-order valence-electron chi connectivity index (χ1n) is 21.2. The van der Waals surface area contributed by atoms with Crippen LogP contribution >= 0.6 is 35.1 Å². The largest absolute Gasteiger partial charge is 0.508 e. The molecule has 76 heavy (non-hydrogen) atoms. The minimum absolute atomic E-state index is 0. The fourth-order valence-corrected chi connectivity index (χ4v) is 7.01. The van der Waals surface area contributed by atoms with Gasteiger partial charge >= 0.3 is 42.4 Å². The van der Waals surface area contributed by atoms with E-state index in [9.17, 15) is 74.9 Å². The summed E-state index contributed by atoms with van der Waals surface area (Å²) in [6, 6.07) is 9.05. The summed E-state index contributed by atoms with van der Waals surface area (Å²) in [5.74, 6) is -6.31. The molecule has 0 unspecified atom stereocenters. The number of carboxylic acid groups (broad SMARTS) is 1. The molecular formula is C44H53ClF6N8O15S2. The quantitative estimate of drug-likeness (QED) is 0.0373. The SMILES string of the molecule is COC(=O)[C@@H](N)CNC(=O)OC(C)(C)C.COC(=O)[C@H](CNC(=O)OC(C)(C)C)NC(=O)c1sc(NC(=O)Cc2cccc(O)c2)nc1C(F)(F)F.Cl.O=C(Cc1cccc(O)c1)Nc1nc(C(F)(F)F)c(C(=O)O)s1. The Morgan fingerprint density at radius 2 is 1.04 bits per heavy atom. The third-order valence-electron chi connectivity index (χ3n) is 8.24. The van der Waals surface area contributed by atoms with E-state index >= 15 is 0 Å². The number of rotatable bonds is 15. The van der Waals surface area contributed by atoms with Crippen LogP contribution in [0.4, 0.5) is 46.2 Å². The van der Waals surface area contributed by atoms with Gasteiger partial charge in [-0.05, 0) is 76.9 Å². The van der Waals surface area contributed by atoms with Crippen molar-refractivity contribution in [2.24, 2.45) is 5.73 Å². The highest BCUT2D eigenvalue weighted by molar-refractivity contribution is 7.18. The van der Waals surface area contributed by atoms with Crippen LogP contribution in [0.5, 0.6) is 11.5 Å². The fraction of sp³-hybridized carbons (Fsp3) is 0.409. The van der Waals surface area contributed by atoms with Crippen molar-refractivity contribution >= 4 is 93.2 Å². The number of aromatic carboxylic acids is 1. The Balaban J connectivity index is 0.000000630. The molecule has 2 aromatic heterocycles. The van der Waals surface area contributed by atoms with E-state index in [2.05, 4.69) is 46.0 Å². The number of carboxylic acids is 1. The van der Waals surface area contributed by atoms with Gasteiger partial charge in [0.15, 0.2) is 21.7 Å². The van der Waals surface area contributed by atoms with Crippen LogP contribution in [-0.4, -0.2) is 124 Å². The van der Waals surface area contributed by atoms with E-state index in [1.54, 1.807) is 47.6 Å². The summed E-state index contributed by atoms with van der Waals surface area (Å²) >= 11 is 0.466. The number of hydrogen-bond donors (Lipinski definition) is 9. The van der Waals surface area contributed by atoms with E-state index in [1.165, 1.54) is 49.6 Å². The zero-order valence-electron chi connectivity index (χ0n) is 41.3. The molecule has 32 heteroatoms. The van der Waals surface area contributed by atoms with Gasteiger partial charge in [-0.15, -0.1) is 12.4 Å². The third-order valence-corrected chi connectivity index (χ3v) is 10.2. The highest BCUT2D eigenvalue weighted by Crippen LogP contribution is 2.37. The van der Waals surface area contributed by atoms with Crippen molar-refractivity contribution < 1.29 is 99.0 Å². The van der Waals surface area contributed by atoms with Gasteiger partial charge in [0, 0.05) is 6.54 Å². The molecule has 0 fully saturated rings. The number of esters is 2. The number of ether oxygens (including phenoxy) is 4. The van der Waals surface area contributed by atoms with Gasteiger partial charge in [-0.3, -0.25) is 19.2 Å². The second kappa shape index (κ2) is 29.0. The second-order valence-corrected chi connectivity index (χ2v) is 18.9. The van der Waals surface area contributed by atoms with E-state index in [0.717, 1.165) is 7.11 Å². The third kappa shape index (κ3) is 24.2. The molecule has 2 aromatic carbocycles. The number of alkyl carbamates (subject to hydrolysis) is 2. The molecule has 10 N–H and O–H groups in total. The van der Waals surface area contributed by atoms with Crippen LogP contribution in [0.2, 0.25) is 0 Å². The van der Waals surface area contributed by atoms with Gasteiger partial charge in [-0.2, -0.15) is 26.3 Å². The van der Waals surface area contributed by atoms with Crippen molar-refractivity contribution in [3.8, 4) is 11.5 Å². The van der Waals surface area contributed by atoms with E-state index in [0.29, 0.717) is 11.1 Å². The van der Waals surface area contributed by atoms with Crippen molar-refractivity contribution in [1.29, 1.82) is 0 Å². The van der Waals surface area contributed by atoms with Gasteiger partial charge in [0.05, 0.1) is 33.6 Å². The van der Waals surface area contributed by atoms with Gasteiger partial charge in [-0.25, -0.2) is 29.1 Å². The topological polar surface area (TPSA) is 346 Å². The molecular weight excluding hydrogens is 1090 g/mol. The van der Waals surface area contributed by atoms with Crippen LogP contribution in [0.1, 0.15) is 83.4 Å². The smallest absolute Gasteiger partial charge is 0.435 e. The molecule has 0 aliphatic rings. The first-order chi connectivity index (χ1) is 34.5. The molecule has 0 saturated heterocycles. The van der Waals surface area contributed by atoms with Crippen LogP contribution in [0.15, 0.2) is 48.5 Å². The van der Waals surface area contributed by atoms with Crippen molar-refractivity contribution in [2.45, 2.75) is 90.0 Å². The molecule has 0 radical (unpaired) electrons. The number of halogens is 7. The standard InChI is InChI=1S/C22H25F3N4O7S.C13H9F3N2O4S.C9H18N2O4.ClH/c1-21(2,3)36-20(34)26-10-13(18(33)35-4)27-17(32)15-16(22(23,24)25)29-19(37-15)28-14(31)9-11-6-5-7-12(30)8-11;14-13(15,16)10-9(11(21)22)23-12(18-10)17-8(20)5-6-2-1-3-7(19)4-6;1-9(2,3)15-8(13)11-5-6(10)7(12)14-4;/h5-8,13,30H,9-10H2,1-4H3,(H,26,34)(H,27,32)(H,28,29,31);1-4,19H,5H2,(H,21,22)(H,17,18,20);6H,5,10H2,1-4H3,(H,11,13);1H/t13-;;6-;/m0.0./s1. The van der Waals surface area contributed by atoms with E-state index in [1.807, 2.05) is 0 Å². The van der Waals surface area contributed by atoms with Crippen molar-refractivity contribution in [1.82, 2.24) is 25.9 Å². The van der Waals surface area contributed by atoms with Gasteiger partial charge < -0.3 is 66.6 Å². The summed E-state index contributed by atoms with van der Waals surface area (Å²) < 4.78 is 97.7. The Hall–Kier alpha value is -7.51. The summed E-state index contributed by atoms with van der Waals surface area (Å²) in [7, 11) is 2.22. The number of aromatic hydroxyl groups is 2. The number of anilines is 2. The Labute approximate surface area is 442 Å². The molecule has 4 rings (SSSR count). The van der Waals surface area contributed by atoms with Crippen LogP contribution in [0.25, 0.3) is 0 Å². The molecule has 5 amide bonds. The number of methoxy groups -OCH3 is 2. The van der Waals surface area contributed by atoms with Crippen LogP contribution in [0, 0.1) is 0 Å². The van der Waals surface area contributed by atoms with Crippen molar-refractivity contribution in [3.05, 3.63) is 80.8 Å². The second-order valence-electron chi connectivity index (χ2n) is 16.9. The molecule has 0 spiro atoms. The summed E-state index contributed by atoms with van der Waals surface area (Å²) in [6.07, 6.45) is -12.0. The maximum atomic E-state index is 13.6. The van der Waals surface area contributed by atoms with E-state index < -0.39 is 121 Å². The number of nitrogens with one attached hydrogen (secondary N) is 5. The lowest BCUT2D eigenvalue weighted by atomic mass is 10.1. The van der Waals surface area contributed by atoms with Crippen molar-refractivity contribution in [3.63, 3.8) is 0 Å². The number of amides is 5. The lowest BCUT2D eigenvalue weighted by Gasteiger charge is -2.21. The molecule has 0 saturated carbocycles. The Kier molecular flexibility index (Phi) is 25.3. The number of nitrogens with two attached hydrogens (primary N) is 1. The number of alkyl halides is 6. The summed E-state index contributed by atoms with van der Waals surface area (Å²) in [6.45, 7) is 9.45. The molecule has 0 bridgehead atoms. The number of phenols is 2. The normalized spacial score (nSPS) is 11.9. The minimum Gasteiger partial charge on any atom is -0.508 e. The number of thiazole rings is 2. The van der Waals surface area contributed by atoms with Gasteiger partial charge in [0.1, 0.15) is 44.5 Å². The number of hydrogen-bond acceptors (Lipinski definition) is 19. The Morgan fingerprint density at radius 1 is 0.645 bits per heavy atom. The molecule has 420 valence electrons. The van der Waals surface area contributed by atoms with Gasteiger partial charge in [0.25, 0.3) is 5.91 Å². The number of nitrogens with zero attached hydrogens (tertiary/aromatic N) is 2. The zero-order chi connectivity index (χ0) is 57.2. The van der Waals surface area contributed by atoms with Gasteiger partial charge in [-0.1, -0.05) is 46.9 Å². The zero-order valence-corrected chi connectivity index (χ0v) is 43.8. The number of aromatic nitrogens is 2. The predicted octanol–water partition coefficient (Wildman–Crippen LogP) is 6.02. The maximum absolute atomic E-state index is 13.6. The minimum atomic E-state index is -5.06. The number of carbonyl (C=O) groups excluding carboxylic acids is 7. The first kappa shape index (κ1) is 66.5. The summed E-state index contributed by atoms with van der Waals surface area (Å²) in [5, 5.41) is 37.5. The number of benzene rings is 2. The Bertz CT molecular complexity index is 2680. The summed E-state index contributed by atoms with van der Waals surface area (Å²) in [4.78, 5) is 98.1. The van der Waals surface area contributed by atoms with Gasteiger partial charge in [0.2, 0.25) is 11.8 Å². The highest BCUT2D eigenvalue weighted by Gasteiger charge is 2.42. The Morgan fingerprint density at radius 3 is 1.39 bits per heavy atom. The van der Waals surface area contributed by atoms with Crippen LogP contribution < -0.4 is 32.3 Å². The predicted molar refractivity (Wildman–Crippen MR) is 261 cm³/mol. The average molecular weight is 1150 g/mol. The van der Waals surface area contributed by atoms with Crippen molar-refractivity contribution in [2.75, 3.05) is 37.9 Å². The number of phenolic OH excluding ortho intramolecular Hbond substituents is 2. The lowest BCUT2D eigenvalue weighted by Crippen LogP contribution is -2.49. The average Bonchev–Trinajstić information content (AvgIpc) is 3.91. The number of carbonyl (C=O) groups is 8. The first-order valence-corrected chi connectivity index (χ1v) is 22.9. The van der Waals surface area contributed by atoms with Crippen LogP contribution in [0.3, 0.4) is 0 Å². The molecule has 2 heterocycles. The highest BCUT2D eigenvalue weighted by atomic mass is 35.5. The van der Waals surface area contributed by atoms with Crippen LogP contribution in [-0.2, 0) is 63.3 Å². The molecule has 4 aromatic rings. The lowest BCUT2D eigenvalue weighted by molar-refractivity contribution is -0.143. The molecule has 0 aliphatic heterocycles. The van der Waals surface area contributed by atoms with E-state index in [-0.39, 0.29) is 66.0 Å². The molecule has 0 aliphatic carbocycles. The van der Waals surface area contributed by atoms with E-state index in [4.69, 9.17) is 20.3 Å².